The third-order valence-corrected chi connectivity index (χ3v) is 3.50. The Balaban J connectivity index is 1.84. The van der Waals surface area contributed by atoms with Crippen LogP contribution >= 0.6 is 0 Å². The summed E-state index contributed by atoms with van der Waals surface area (Å²) >= 11 is 0. The molecule has 1 fully saturated rings. The van der Waals surface area contributed by atoms with E-state index in [9.17, 15) is 14.4 Å². The maximum Gasteiger partial charge on any atom is 0.375 e. The van der Waals surface area contributed by atoms with Crippen molar-refractivity contribution in [2.75, 3.05) is 19.8 Å². The Morgan fingerprint density at radius 2 is 1.88 bits per heavy atom. The van der Waals surface area contributed by atoms with Crippen LogP contribution in [0.4, 0.5) is 0 Å². The molecule has 0 aliphatic carbocycles. The molecule has 1 saturated heterocycles. The van der Waals surface area contributed by atoms with Crippen LogP contribution < -0.4 is 4.74 Å². The van der Waals surface area contributed by atoms with Gasteiger partial charge in [-0.2, -0.15) is 0 Å². The Labute approximate surface area is 146 Å². The van der Waals surface area contributed by atoms with Crippen LogP contribution in [0.5, 0.6) is 5.75 Å². The predicted octanol–water partition coefficient (Wildman–Crippen LogP) is 1.92. The van der Waals surface area contributed by atoms with Gasteiger partial charge in [0.2, 0.25) is 5.78 Å². The Hall–Kier alpha value is -2.25. The quantitative estimate of drug-likeness (QED) is 0.306. The van der Waals surface area contributed by atoms with Crippen molar-refractivity contribution in [2.24, 2.45) is 0 Å². The van der Waals surface area contributed by atoms with E-state index >= 15 is 0 Å². The zero-order valence-corrected chi connectivity index (χ0v) is 14.6. The van der Waals surface area contributed by atoms with Crippen molar-refractivity contribution in [3.63, 3.8) is 0 Å². The third-order valence-electron chi connectivity index (χ3n) is 3.50. The van der Waals surface area contributed by atoms with Gasteiger partial charge in [-0.3, -0.25) is 9.59 Å². The first kappa shape index (κ1) is 19.1. The Kier molecular flexibility index (Phi) is 6.27. The number of esters is 1. The molecule has 1 heterocycles. The van der Waals surface area contributed by atoms with E-state index in [1.54, 1.807) is 31.2 Å². The lowest BCUT2D eigenvalue weighted by molar-refractivity contribution is -0.153. The minimum Gasteiger partial charge on any atom is -0.491 e. The Morgan fingerprint density at radius 1 is 1.20 bits per heavy atom. The van der Waals surface area contributed by atoms with Gasteiger partial charge >= 0.3 is 5.97 Å². The first-order chi connectivity index (χ1) is 11.8. The fraction of sp³-hybridized carbons (Fsp3) is 0.500. The molecule has 2 rings (SSSR count). The van der Waals surface area contributed by atoms with Crippen molar-refractivity contribution in [1.82, 2.24) is 0 Å². The van der Waals surface area contributed by atoms with Crippen LogP contribution in [0.15, 0.2) is 24.3 Å². The topological polar surface area (TPSA) is 88.1 Å². The van der Waals surface area contributed by atoms with Gasteiger partial charge < -0.3 is 18.9 Å². The molecule has 0 bridgehead atoms. The number of carbonyl (C=O) groups is 3. The van der Waals surface area contributed by atoms with Crippen LogP contribution in [0, 0.1) is 0 Å². The van der Waals surface area contributed by atoms with E-state index in [0.717, 1.165) is 0 Å². The summed E-state index contributed by atoms with van der Waals surface area (Å²) in [6, 6.07) is 6.35. The summed E-state index contributed by atoms with van der Waals surface area (Å²) in [6.45, 7) is 6.15. The number of Topliss-reactive ketones (excluding diaryl/α,β-unsaturated/α-hetero) is 2. The van der Waals surface area contributed by atoms with Crippen molar-refractivity contribution in [1.29, 1.82) is 0 Å². The van der Waals surface area contributed by atoms with E-state index in [1.165, 1.54) is 0 Å². The molecule has 0 aromatic heterocycles. The molecule has 1 aliphatic rings. The highest BCUT2D eigenvalue weighted by Crippen LogP contribution is 2.23. The second-order valence-electron chi connectivity index (χ2n) is 6.03. The van der Waals surface area contributed by atoms with E-state index in [1.807, 2.05) is 13.8 Å². The largest absolute Gasteiger partial charge is 0.491 e. The van der Waals surface area contributed by atoms with Gasteiger partial charge in [-0.05, 0) is 45.0 Å². The second kappa shape index (κ2) is 8.22. The van der Waals surface area contributed by atoms with Crippen LogP contribution in [0.25, 0.3) is 0 Å². The molecule has 1 aromatic carbocycles. The molecule has 1 atom stereocenters. The SMILES string of the molecule is CCOC(=O)C(=O)CC(=O)c1ccc(OCC2COC(C)(C)O2)cc1. The molecule has 1 aliphatic heterocycles. The van der Waals surface area contributed by atoms with Gasteiger partial charge in [0, 0.05) is 5.56 Å². The highest BCUT2D eigenvalue weighted by Gasteiger charge is 2.32. The molecule has 0 spiro atoms. The van der Waals surface area contributed by atoms with E-state index in [0.29, 0.717) is 24.5 Å². The number of ketones is 2. The first-order valence-electron chi connectivity index (χ1n) is 8.08. The molecular formula is C18H22O7. The molecular weight excluding hydrogens is 328 g/mol. The minimum absolute atomic E-state index is 0.0950. The van der Waals surface area contributed by atoms with Gasteiger partial charge in [0.05, 0.1) is 19.6 Å². The van der Waals surface area contributed by atoms with Crippen molar-refractivity contribution in [3.8, 4) is 5.75 Å². The van der Waals surface area contributed by atoms with Crippen LogP contribution in [0.1, 0.15) is 37.6 Å². The van der Waals surface area contributed by atoms with Crippen LogP contribution in [-0.4, -0.2) is 49.2 Å². The molecule has 25 heavy (non-hydrogen) atoms. The molecule has 0 radical (unpaired) electrons. The van der Waals surface area contributed by atoms with Crippen molar-refractivity contribution in [2.45, 2.75) is 39.1 Å². The third kappa shape index (κ3) is 5.65. The number of ether oxygens (including phenoxy) is 4. The molecule has 1 unspecified atom stereocenters. The van der Waals surface area contributed by atoms with Gasteiger partial charge in [-0.1, -0.05) is 0 Å². The number of hydrogen-bond acceptors (Lipinski definition) is 7. The average Bonchev–Trinajstić information content (AvgIpc) is 2.92. The van der Waals surface area contributed by atoms with Gasteiger partial charge in [-0.15, -0.1) is 0 Å². The van der Waals surface area contributed by atoms with Gasteiger partial charge in [0.15, 0.2) is 11.6 Å². The average molecular weight is 350 g/mol. The highest BCUT2D eigenvalue weighted by atomic mass is 16.7. The second-order valence-corrected chi connectivity index (χ2v) is 6.03. The molecule has 0 amide bonds. The summed E-state index contributed by atoms with van der Waals surface area (Å²) in [4.78, 5) is 34.8. The van der Waals surface area contributed by atoms with Crippen LogP contribution in [0.3, 0.4) is 0 Å². The van der Waals surface area contributed by atoms with E-state index in [2.05, 4.69) is 4.74 Å². The molecule has 136 valence electrons. The lowest BCUT2D eigenvalue weighted by Gasteiger charge is -2.17. The number of hydrogen-bond donors (Lipinski definition) is 0. The van der Waals surface area contributed by atoms with E-state index in [4.69, 9.17) is 14.2 Å². The Bertz CT molecular complexity index is 633. The van der Waals surface area contributed by atoms with Crippen molar-refractivity contribution in [3.05, 3.63) is 29.8 Å². The maximum atomic E-state index is 12.0. The summed E-state index contributed by atoms with van der Waals surface area (Å²) in [5, 5.41) is 0. The molecule has 0 saturated carbocycles. The predicted molar refractivity (Wildman–Crippen MR) is 87.4 cm³/mol. The summed E-state index contributed by atoms with van der Waals surface area (Å²) in [5.41, 5.74) is 0.326. The van der Waals surface area contributed by atoms with Gasteiger partial charge in [-0.25, -0.2) is 4.79 Å². The minimum atomic E-state index is -0.988. The van der Waals surface area contributed by atoms with Crippen molar-refractivity contribution >= 4 is 17.5 Å². The standard InChI is InChI=1S/C18H22O7/c1-4-22-17(21)16(20)9-15(19)12-5-7-13(8-6-12)23-10-14-11-24-18(2,3)25-14/h5-8,14H,4,9-11H2,1-3H3. The number of carbonyl (C=O) groups excluding carboxylic acids is 3. The van der Waals surface area contributed by atoms with Gasteiger partial charge in [0.1, 0.15) is 18.5 Å². The summed E-state index contributed by atoms with van der Waals surface area (Å²) in [5.74, 6) is -2.32. The first-order valence-corrected chi connectivity index (χ1v) is 8.08. The van der Waals surface area contributed by atoms with Crippen molar-refractivity contribution < 1.29 is 33.3 Å². The Morgan fingerprint density at radius 3 is 2.44 bits per heavy atom. The number of rotatable bonds is 8. The zero-order chi connectivity index (χ0) is 18.4. The van der Waals surface area contributed by atoms with E-state index < -0.39 is 29.7 Å². The lowest BCUT2D eigenvalue weighted by Crippen LogP contribution is -2.25. The fourth-order valence-electron chi connectivity index (χ4n) is 2.30. The molecule has 7 nitrogen and oxygen atoms in total. The zero-order valence-electron chi connectivity index (χ0n) is 14.6. The molecule has 7 heteroatoms. The maximum absolute atomic E-state index is 12.0. The van der Waals surface area contributed by atoms with Crippen LogP contribution in [-0.2, 0) is 23.8 Å². The lowest BCUT2D eigenvalue weighted by atomic mass is 10.1. The summed E-state index contributed by atoms with van der Waals surface area (Å²) < 4.78 is 21.3. The number of benzene rings is 1. The molecule has 0 N–H and O–H groups in total. The van der Waals surface area contributed by atoms with E-state index in [-0.39, 0.29) is 12.7 Å². The monoisotopic (exact) mass is 350 g/mol. The fourth-order valence-corrected chi connectivity index (χ4v) is 2.30. The summed E-state index contributed by atoms with van der Waals surface area (Å²) in [7, 11) is 0. The van der Waals surface area contributed by atoms with Gasteiger partial charge in [0.25, 0.3) is 0 Å². The molecule has 1 aromatic rings. The highest BCUT2D eigenvalue weighted by molar-refractivity contribution is 6.38. The summed E-state index contributed by atoms with van der Waals surface area (Å²) in [6.07, 6.45) is -0.667. The normalized spacial score (nSPS) is 18.6. The smallest absolute Gasteiger partial charge is 0.375 e. The van der Waals surface area contributed by atoms with Crippen LogP contribution in [0.2, 0.25) is 0 Å².